The summed E-state index contributed by atoms with van der Waals surface area (Å²) in [5.74, 6) is 1.12. The molecular weight excluding hydrogens is 324 g/mol. The molecule has 0 saturated carbocycles. The second-order valence-corrected chi connectivity index (χ2v) is 6.47. The fraction of sp³-hybridized carbons (Fsp3) is 0.316. The molecule has 0 spiro atoms. The highest BCUT2D eigenvalue weighted by atomic mass is 35.5. The number of primary amides is 1. The van der Waals surface area contributed by atoms with Gasteiger partial charge in [-0.1, -0.05) is 42.3 Å². The lowest BCUT2D eigenvalue weighted by Gasteiger charge is -2.33. The van der Waals surface area contributed by atoms with Gasteiger partial charge in [-0.25, -0.2) is 0 Å². The van der Waals surface area contributed by atoms with E-state index in [9.17, 15) is 4.79 Å². The molecule has 1 heterocycles. The standard InChI is InChI=1S/C19H21ClN2O2/c20-16-8-1-2-10-18(16)24-15-7-5-6-14(12-15)13-22-11-4-3-9-17(22)19(21)23/h1-2,5-8,10,12,17H,3-4,9,11,13H2,(H2,21,23). The summed E-state index contributed by atoms with van der Waals surface area (Å²) in [6.07, 6.45) is 2.99. The number of amides is 1. The lowest BCUT2D eigenvalue weighted by atomic mass is 10.0. The molecule has 2 N–H and O–H groups in total. The third-order valence-corrected chi connectivity index (χ3v) is 4.60. The van der Waals surface area contributed by atoms with Gasteiger partial charge in [0.25, 0.3) is 0 Å². The number of carbonyl (C=O) groups excluding carboxylic acids is 1. The number of nitrogens with zero attached hydrogens (tertiary/aromatic N) is 1. The van der Waals surface area contributed by atoms with Crippen LogP contribution >= 0.6 is 11.6 Å². The second kappa shape index (κ2) is 7.69. The molecular formula is C19H21ClN2O2. The molecule has 3 rings (SSSR count). The maximum absolute atomic E-state index is 11.6. The van der Waals surface area contributed by atoms with Crippen LogP contribution in [0.25, 0.3) is 0 Å². The Morgan fingerprint density at radius 2 is 2.04 bits per heavy atom. The molecule has 0 aromatic heterocycles. The number of hydrogen-bond acceptors (Lipinski definition) is 3. The van der Waals surface area contributed by atoms with Gasteiger partial charge in [-0.05, 0) is 49.2 Å². The van der Waals surface area contributed by atoms with Gasteiger partial charge in [-0.2, -0.15) is 0 Å². The predicted octanol–water partition coefficient (Wildman–Crippen LogP) is 3.97. The smallest absolute Gasteiger partial charge is 0.234 e. The van der Waals surface area contributed by atoms with Gasteiger partial charge in [-0.15, -0.1) is 0 Å². The Kier molecular flexibility index (Phi) is 5.38. The number of carbonyl (C=O) groups is 1. The zero-order chi connectivity index (χ0) is 16.9. The molecule has 0 radical (unpaired) electrons. The number of nitrogens with two attached hydrogens (primary N) is 1. The normalized spacial score (nSPS) is 18.3. The van der Waals surface area contributed by atoms with Crippen molar-refractivity contribution in [2.24, 2.45) is 5.73 Å². The summed E-state index contributed by atoms with van der Waals surface area (Å²) < 4.78 is 5.87. The van der Waals surface area contributed by atoms with Crippen LogP contribution in [-0.4, -0.2) is 23.4 Å². The van der Waals surface area contributed by atoms with Crippen molar-refractivity contribution < 1.29 is 9.53 Å². The van der Waals surface area contributed by atoms with Crippen molar-refractivity contribution in [1.29, 1.82) is 0 Å². The van der Waals surface area contributed by atoms with E-state index in [2.05, 4.69) is 4.90 Å². The van der Waals surface area contributed by atoms with Gasteiger partial charge in [0.05, 0.1) is 11.1 Å². The van der Waals surface area contributed by atoms with E-state index in [1.165, 1.54) is 0 Å². The fourth-order valence-electron chi connectivity index (χ4n) is 3.10. The second-order valence-electron chi connectivity index (χ2n) is 6.06. The number of halogens is 1. The van der Waals surface area contributed by atoms with Crippen molar-refractivity contribution in [2.45, 2.75) is 31.8 Å². The molecule has 24 heavy (non-hydrogen) atoms. The van der Waals surface area contributed by atoms with Crippen LogP contribution in [0.15, 0.2) is 48.5 Å². The van der Waals surface area contributed by atoms with Gasteiger partial charge in [0.15, 0.2) is 0 Å². The SMILES string of the molecule is NC(=O)C1CCCCN1Cc1cccc(Oc2ccccc2Cl)c1. The van der Waals surface area contributed by atoms with Crippen LogP contribution in [0.2, 0.25) is 5.02 Å². The highest BCUT2D eigenvalue weighted by molar-refractivity contribution is 6.32. The summed E-state index contributed by atoms with van der Waals surface area (Å²) >= 11 is 6.14. The van der Waals surface area contributed by atoms with E-state index < -0.39 is 0 Å². The summed E-state index contributed by atoms with van der Waals surface area (Å²) in [5.41, 5.74) is 6.63. The molecule has 1 atom stereocenters. The van der Waals surface area contributed by atoms with E-state index in [1.54, 1.807) is 6.07 Å². The zero-order valence-electron chi connectivity index (χ0n) is 13.5. The summed E-state index contributed by atoms with van der Waals surface area (Å²) in [6.45, 7) is 1.58. The van der Waals surface area contributed by atoms with Gasteiger partial charge in [0, 0.05) is 6.54 Å². The van der Waals surface area contributed by atoms with Crippen molar-refractivity contribution in [3.05, 3.63) is 59.1 Å². The minimum Gasteiger partial charge on any atom is -0.456 e. The fourth-order valence-corrected chi connectivity index (χ4v) is 3.27. The van der Waals surface area contributed by atoms with E-state index in [0.717, 1.165) is 37.1 Å². The quantitative estimate of drug-likeness (QED) is 0.892. The van der Waals surface area contributed by atoms with Crippen LogP contribution in [0, 0.1) is 0 Å². The summed E-state index contributed by atoms with van der Waals surface area (Å²) in [5, 5.41) is 0.577. The summed E-state index contributed by atoms with van der Waals surface area (Å²) in [4.78, 5) is 13.8. The van der Waals surface area contributed by atoms with Crippen molar-refractivity contribution >= 4 is 17.5 Å². The molecule has 1 unspecified atom stereocenters. The maximum atomic E-state index is 11.6. The molecule has 2 aromatic rings. The molecule has 1 aliphatic rings. The number of benzene rings is 2. The molecule has 0 bridgehead atoms. The van der Waals surface area contributed by atoms with E-state index in [1.807, 2.05) is 42.5 Å². The third-order valence-electron chi connectivity index (χ3n) is 4.29. The average molecular weight is 345 g/mol. The highest BCUT2D eigenvalue weighted by Gasteiger charge is 2.26. The number of likely N-dealkylation sites (tertiary alicyclic amines) is 1. The lowest BCUT2D eigenvalue weighted by Crippen LogP contribution is -2.47. The number of piperidine rings is 1. The third kappa shape index (κ3) is 4.08. The molecule has 1 saturated heterocycles. The van der Waals surface area contributed by atoms with E-state index in [-0.39, 0.29) is 11.9 Å². The Morgan fingerprint density at radius 3 is 2.83 bits per heavy atom. The first-order chi connectivity index (χ1) is 11.6. The Hall–Kier alpha value is -2.04. The van der Waals surface area contributed by atoms with Gasteiger partial charge >= 0.3 is 0 Å². The minimum atomic E-state index is -0.238. The van der Waals surface area contributed by atoms with Gasteiger partial charge in [-0.3, -0.25) is 9.69 Å². The Labute approximate surface area is 147 Å². The Balaban J connectivity index is 1.73. The number of para-hydroxylation sites is 1. The zero-order valence-corrected chi connectivity index (χ0v) is 14.2. The van der Waals surface area contributed by atoms with Gasteiger partial charge in [0.1, 0.15) is 11.5 Å². The molecule has 5 heteroatoms. The van der Waals surface area contributed by atoms with Crippen molar-refractivity contribution in [3.63, 3.8) is 0 Å². The van der Waals surface area contributed by atoms with E-state index in [0.29, 0.717) is 17.3 Å². The lowest BCUT2D eigenvalue weighted by molar-refractivity contribution is -0.124. The van der Waals surface area contributed by atoms with Gasteiger partial charge < -0.3 is 10.5 Å². The minimum absolute atomic E-state index is 0.174. The molecule has 1 aliphatic heterocycles. The van der Waals surface area contributed by atoms with Gasteiger partial charge in [0.2, 0.25) is 5.91 Å². The van der Waals surface area contributed by atoms with Crippen LogP contribution in [-0.2, 0) is 11.3 Å². The molecule has 1 amide bonds. The van der Waals surface area contributed by atoms with Crippen LogP contribution in [0.1, 0.15) is 24.8 Å². The first-order valence-corrected chi connectivity index (χ1v) is 8.56. The largest absolute Gasteiger partial charge is 0.456 e. The number of rotatable bonds is 5. The van der Waals surface area contributed by atoms with Crippen molar-refractivity contribution in [2.75, 3.05) is 6.54 Å². The van der Waals surface area contributed by atoms with Crippen molar-refractivity contribution in [1.82, 2.24) is 4.90 Å². The van der Waals surface area contributed by atoms with E-state index >= 15 is 0 Å². The predicted molar refractivity (Wildman–Crippen MR) is 95.2 cm³/mol. The van der Waals surface area contributed by atoms with Crippen molar-refractivity contribution in [3.8, 4) is 11.5 Å². The molecule has 4 nitrogen and oxygen atoms in total. The molecule has 0 aliphatic carbocycles. The number of hydrogen-bond donors (Lipinski definition) is 1. The van der Waals surface area contributed by atoms with Crippen LogP contribution in [0.5, 0.6) is 11.5 Å². The highest BCUT2D eigenvalue weighted by Crippen LogP contribution is 2.29. The van der Waals surface area contributed by atoms with E-state index in [4.69, 9.17) is 22.1 Å². The Bertz CT molecular complexity index is 720. The van der Waals surface area contributed by atoms with Crippen LogP contribution in [0.4, 0.5) is 0 Å². The first-order valence-electron chi connectivity index (χ1n) is 8.18. The average Bonchev–Trinajstić information content (AvgIpc) is 2.58. The Morgan fingerprint density at radius 1 is 1.21 bits per heavy atom. The monoisotopic (exact) mass is 344 g/mol. The van der Waals surface area contributed by atoms with Crippen LogP contribution < -0.4 is 10.5 Å². The molecule has 1 fully saturated rings. The topological polar surface area (TPSA) is 55.6 Å². The van der Waals surface area contributed by atoms with Crippen LogP contribution in [0.3, 0.4) is 0 Å². The number of ether oxygens (including phenoxy) is 1. The molecule has 126 valence electrons. The maximum Gasteiger partial charge on any atom is 0.234 e. The summed E-state index contributed by atoms with van der Waals surface area (Å²) in [6, 6.07) is 15.1. The summed E-state index contributed by atoms with van der Waals surface area (Å²) in [7, 11) is 0. The molecule has 2 aromatic carbocycles. The first kappa shape index (κ1) is 16.8.